The Kier molecular flexibility index (Phi) is 10.6. The molecule has 0 saturated heterocycles. The second-order valence-electron chi connectivity index (χ2n) is 8.83. The highest BCUT2D eigenvalue weighted by Crippen LogP contribution is 2.29. The topological polar surface area (TPSA) is 143 Å². The molecule has 0 bridgehead atoms. The zero-order valence-electron chi connectivity index (χ0n) is 22.1. The first kappa shape index (κ1) is 29.8. The van der Waals surface area contributed by atoms with Crippen LogP contribution in [-0.2, 0) is 19.6 Å². The molecule has 2 atom stereocenters. The van der Waals surface area contributed by atoms with Gasteiger partial charge in [0.2, 0.25) is 10.0 Å². The fraction of sp³-hybridized carbons (Fsp3) is 0.321. The number of aliphatic hydroxyl groups excluding tert-OH is 1. The van der Waals surface area contributed by atoms with Crippen molar-refractivity contribution in [2.45, 2.75) is 26.0 Å². The van der Waals surface area contributed by atoms with Gasteiger partial charge < -0.3 is 29.7 Å². The number of carbonyl (C=O) groups excluding carboxylic acids is 1. The van der Waals surface area contributed by atoms with Crippen LogP contribution >= 0.6 is 0 Å². The lowest BCUT2D eigenvalue weighted by Crippen LogP contribution is -2.35. The molecule has 0 fully saturated rings. The van der Waals surface area contributed by atoms with Gasteiger partial charge in [-0.05, 0) is 66.9 Å². The number of hydrogen-bond acceptors (Lipinski definition) is 9. The maximum atomic E-state index is 11.5. The SMILES string of the molecule is CCOC(=O)COc1ccc(-c2ccc(OCCN[C@@H](C)[C@H](O)c3ccc(O)c(NS(C)(=O)=O)c3)cc2)cc1. The van der Waals surface area contributed by atoms with Crippen LogP contribution in [0.15, 0.2) is 66.7 Å². The van der Waals surface area contributed by atoms with E-state index in [1.165, 1.54) is 18.2 Å². The number of carbonyl (C=O) groups is 1. The number of esters is 1. The minimum Gasteiger partial charge on any atom is -0.506 e. The number of anilines is 1. The smallest absolute Gasteiger partial charge is 0.344 e. The first-order chi connectivity index (χ1) is 18.6. The average Bonchev–Trinajstić information content (AvgIpc) is 2.91. The second-order valence-corrected chi connectivity index (χ2v) is 10.6. The van der Waals surface area contributed by atoms with Crippen LogP contribution in [-0.4, -0.2) is 63.3 Å². The molecule has 0 aliphatic carbocycles. The van der Waals surface area contributed by atoms with Crippen LogP contribution in [0, 0.1) is 0 Å². The molecule has 3 aromatic carbocycles. The number of benzene rings is 3. The number of ether oxygens (including phenoxy) is 3. The molecule has 0 aliphatic heterocycles. The number of hydrogen-bond donors (Lipinski definition) is 4. The number of phenols is 1. The van der Waals surface area contributed by atoms with Gasteiger partial charge in [-0.25, -0.2) is 13.2 Å². The van der Waals surface area contributed by atoms with E-state index in [1.54, 1.807) is 26.0 Å². The maximum Gasteiger partial charge on any atom is 0.344 e. The van der Waals surface area contributed by atoms with Crippen LogP contribution < -0.4 is 19.5 Å². The van der Waals surface area contributed by atoms with E-state index in [9.17, 15) is 23.4 Å². The molecule has 0 amide bonds. The van der Waals surface area contributed by atoms with Crippen LogP contribution in [0.1, 0.15) is 25.5 Å². The first-order valence-electron chi connectivity index (χ1n) is 12.4. The number of aliphatic hydroxyl groups is 1. The summed E-state index contributed by atoms with van der Waals surface area (Å²) in [6.45, 7) is 4.54. The summed E-state index contributed by atoms with van der Waals surface area (Å²) in [4.78, 5) is 11.4. The second kappa shape index (κ2) is 13.8. The van der Waals surface area contributed by atoms with E-state index >= 15 is 0 Å². The lowest BCUT2D eigenvalue weighted by Gasteiger charge is -2.21. The minimum atomic E-state index is -3.58. The van der Waals surface area contributed by atoms with E-state index in [0.717, 1.165) is 17.4 Å². The Morgan fingerprint density at radius 1 is 0.949 bits per heavy atom. The van der Waals surface area contributed by atoms with Crippen molar-refractivity contribution in [3.05, 3.63) is 72.3 Å². The molecule has 39 heavy (non-hydrogen) atoms. The third kappa shape index (κ3) is 9.47. The highest BCUT2D eigenvalue weighted by Gasteiger charge is 2.18. The summed E-state index contributed by atoms with van der Waals surface area (Å²) in [7, 11) is -3.58. The van der Waals surface area contributed by atoms with Gasteiger partial charge in [-0.3, -0.25) is 4.72 Å². The summed E-state index contributed by atoms with van der Waals surface area (Å²) in [5.74, 6) is 0.634. The molecule has 4 N–H and O–H groups in total. The van der Waals surface area contributed by atoms with Gasteiger partial charge in [0.25, 0.3) is 0 Å². The van der Waals surface area contributed by atoms with E-state index in [2.05, 4.69) is 10.0 Å². The highest BCUT2D eigenvalue weighted by molar-refractivity contribution is 7.92. The predicted octanol–water partition coefficient (Wildman–Crippen LogP) is 3.46. The third-order valence-corrected chi connectivity index (χ3v) is 6.26. The van der Waals surface area contributed by atoms with Crippen LogP contribution in [0.5, 0.6) is 17.2 Å². The Bertz CT molecular complexity index is 1330. The van der Waals surface area contributed by atoms with Crippen molar-refractivity contribution in [3.63, 3.8) is 0 Å². The Labute approximate surface area is 228 Å². The van der Waals surface area contributed by atoms with Crippen molar-refractivity contribution in [1.29, 1.82) is 0 Å². The zero-order chi connectivity index (χ0) is 28.4. The van der Waals surface area contributed by atoms with Gasteiger partial charge >= 0.3 is 5.97 Å². The lowest BCUT2D eigenvalue weighted by molar-refractivity contribution is -0.145. The number of nitrogens with one attached hydrogen (secondary N) is 2. The number of phenolic OH excluding ortho intramolecular Hbond substituents is 1. The van der Waals surface area contributed by atoms with Crippen LogP contribution in [0.25, 0.3) is 11.1 Å². The summed E-state index contributed by atoms with van der Waals surface area (Å²) in [6.07, 6.45) is 0.0456. The molecular weight excluding hydrogens is 524 g/mol. The normalized spacial score (nSPS) is 12.8. The van der Waals surface area contributed by atoms with Crippen LogP contribution in [0.3, 0.4) is 0 Å². The lowest BCUT2D eigenvalue weighted by atomic mass is 10.0. The van der Waals surface area contributed by atoms with Crippen molar-refractivity contribution < 1.29 is 37.6 Å². The average molecular weight is 559 g/mol. The van der Waals surface area contributed by atoms with Crippen LogP contribution in [0.4, 0.5) is 5.69 Å². The van der Waals surface area contributed by atoms with Crippen molar-refractivity contribution in [2.75, 3.05) is 37.3 Å². The summed E-state index contributed by atoms with van der Waals surface area (Å²) in [5.41, 5.74) is 2.44. The van der Waals surface area contributed by atoms with E-state index in [-0.39, 0.29) is 24.1 Å². The molecule has 11 heteroatoms. The quantitative estimate of drug-likeness (QED) is 0.133. The van der Waals surface area contributed by atoms with E-state index in [4.69, 9.17) is 14.2 Å². The van der Waals surface area contributed by atoms with Gasteiger partial charge in [-0.1, -0.05) is 30.3 Å². The van der Waals surface area contributed by atoms with Crippen molar-refractivity contribution >= 4 is 21.7 Å². The number of sulfonamides is 1. The van der Waals surface area contributed by atoms with E-state index < -0.39 is 22.1 Å². The van der Waals surface area contributed by atoms with E-state index in [0.29, 0.717) is 36.8 Å². The maximum absolute atomic E-state index is 11.5. The van der Waals surface area contributed by atoms with Gasteiger partial charge in [0.15, 0.2) is 6.61 Å². The van der Waals surface area contributed by atoms with Crippen LogP contribution in [0.2, 0.25) is 0 Å². The largest absolute Gasteiger partial charge is 0.506 e. The molecule has 0 saturated carbocycles. The molecule has 210 valence electrons. The van der Waals surface area contributed by atoms with Gasteiger partial charge in [0.05, 0.1) is 24.7 Å². The highest BCUT2D eigenvalue weighted by atomic mass is 32.2. The summed E-state index contributed by atoms with van der Waals surface area (Å²) in [6, 6.07) is 18.9. The molecule has 0 spiro atoms. The first-order valence-corrected chi connectivity index (χ1v) is 14.3. The Balaban J connectivity index is 1.45. The molecular formula is C28H34N2O8S. The van der Waals surface area contributed by atoms with Crippen molar-refractivity contribution in [1.82, 2.24) is 5.32 Å². The molecule has 0 radical (unpaired) electrons. The van der Waals surface area contributed by atoms with E-state index in [1.807, 2.05) is 36.4 Å². The van der Waals surface area contributed by atoms with Gasteiger partial charge in [-0.15, -0.1) is 0 Å². The Hall–Kier alpha value is -3.80. The summed E-state index contributed by atoms with van der Waals surface area (Å²) >= 11 is 0. The fourth-order valence-corrected chi connectivity index (χ4v) is 4.27. The molecule has 0 aromatic heterocycles. The number of aromatic hydroxyl groups is 1. The fourth-order valence-electron chi connectivity index (χ4n) is 3.71. The molecule has 10 nitrogen and oxygen atoms in total. The Morgan fingerprint density at radius 3 is 2.10 bits per heavy atom. The minimum absolute atomic E-state index is 0.00584. The number of rotatable bonds is 14. The summed E-state index contributed by atoms with van der Waals surface area (Å²) < 4.78 is 41.3. The standard InChI is InChI=1S/C28H34N2O8S/c1-4-36-27(32)18-38-24-12-7-21(8-13-24)20-5-10-23(11-6-20)37-16-15-29-19(2)28(33)22-9-14-26(31)25(17-22)30-39(3,34)35/h5-14,17,19,28-31,33H,4,15-16,18H2,1-3H3/t19-,28-/m0/s1. The zero-order valence-corrected chi connectivity index (χ0v) is 22.9. The monoisotopic (exact) mass is 558 g/mol. The van der Waals surface area contributed by atoms with Gasteiger partial charge in [0.1, 0.15) is 23.9 Å². The van der Waals surface area contributed by atoms with Crippen molar-refractivity contribution in [2.24, 2.45) is 0 Å². The van der Waals surface area contributed by atoms with Gasteiger partial charge in [0, 0.05) is 12.6 Å². The molecule has 0 aliphatic rings. The molecule has 0 unspecified atom stereocenters. The third-order valence-electron chi connectivity index (χ3n) is 5.67. The summed E-state index contributed by atoms with van der Waals surface area (Å²) in [5, 5.41) is 23.7. The predicted molar refractivity (Wildman–Crippen MR) is 148 cm³/mol. The Morgan fingerprint density at radius 2 is 1.54 bits per heavy atom. The molecule has 3 aromatic rings. The van der Waals surface area contributed by atoms with Crippen molar-refractivity contribution in [3.8, 4) is 28.4 Å². The molecule has 3 rings (SSSR count). The van der Waals surface area contributed by atoms with Gasteiger partial charge in [-0.2, -0.15) is 0 Å². The molecule has 0 heterocycles.